The predicted octanol–water partition coefficient (Wildman–Crippen LogP) is 2.07. The van der Waals surface area contributed by atoms with Gasteiger partial charge in [0, 0.05) is 37.0 Å². The number of aromatic amines is 2. The smallest absolute Gasteiger partial charge is 0.313 e. The van der Waals surface area contributed by atoms with E-state index in [9.17, 15) is 18.4 Å². The molecular weight excluding hydrogens is 332 g/mol. The normalized spacial score (nSPS) is 17.8. The standard InChI is InChI=1S/C16H15F2N5O2/c17-16(18)3-1-9(2-4-16)10-7-12(22-23-6-5-19-13(10)23)11-8-20-15(25)21-14(11)24/h5-9H,1-4H2,(H2,20,21,24,25). The van der Waals surface area contributed by atoms with Crippen molar-refractivity contribution in [1.82, 2.24) is 24.6 Å². The summed E-state index contributed by atoms with van der Waals surface area (Å²) < 4.78 is 28.5. The zero-order valence-electron chi connectivity index (χ0n) is 13.1. The maximum Gasteiger partial charge on any atom is 0.325 e. The molecule has 1 aliphatic carbocycles. The van der Waals surface area contributed by atoms with Crippen LogP contribution in [0, 0.1) is 0 Å². The molecule has 0 aromatic carbocycles. The minimum atomic E-state index is -2.62. The van der Waals surface area contributed by atoms with Crippen LogP contribution in [0.5, 0.6) is 0 Å². The Kier molecular flexibility index (Phi) is 3.52. The summed E-state index contributed by atoms with van der Waals surface area (Å²) in [5, 5.41) is 4.34. The van der Waals surface area contributed by atoms with E-state index in [2.05, 4.69) is 20.1 Å². The van der Waals surface area contributed by atoms with Crippen molar-refractivity contribution >= 4 is 5.65 Å². The molecule has 0 amide bonds. The van der Waals surface area contributed by atoms with Gasteiger partial charge in [-0.2, -0.15) is 5.10 Å². The Bertz CT molecular complexity index is 1040. The first-order valence-corrected chi connectivity index (χ1v) is 7.97. The summed E-state index contributed by atoms with van der Waals surface area (Å²) in [7, 11) is 0. The molecule has 7 nitrogen and oxygen atoms in total. The monoisotopic (exact) mass is 347 g/mol. The Balaban J connectivity index is 1.83. The molecule has 0 bridgehead atoms. The van der Waals surface area contributed by atoms with Crippen LogP contribution in [0.4, 0.5) is 8.78 Å². The van der Waals surface area contributed by atoms with Gasteiger partial charge in [0.25, 0.3) is 5.56 Å². The zero-order chi connectivity index (χ0) is 17.6. The lowest BCUT2D eigenvalue weighted by Crippen LogP contribution is -2.25. The van der Waals surface area contributed by atoms with Gasteiger partial charge in [0.05, 0.1) is 11.3 Å². The highest BCUT2D eigenvalue weighted by molar-refractivity contribution is 5.62. The molecule has 3 aromatic rings. The number of nitrogens with one attached hydrogen (secondary N) is 2. The molecule has 0 saturated heterocycles. The first kappa shape index (κ1) is 15.7. The van der Waals surface area contributed by atoms with Crippen molar-refractivity contribution in [3.8, 4) is 11.3 Å². The molecule has 130 valence electrons. The Hall–Kier alpha value is -2.84. The molecule has 2 N–H and O–H groups in total. The Morgan fingerprint density at radius 1 is 1.24 bits per heavy atom. The highest BCUT2D eigenvalue weighted by Gasteiger charge is 2.36. The third kappa shape index (κ3) is 2.86. The fraction of sp³-hybridized carbons (Fsp3) is 0.375. The van der Waals surface area contributed by atoms with Crippen LogP contribution in [0.15, 0.2) is 34.2 Å². The minimum Gasteiger partial charge on any atom is -0.313 e. The van der Waals surface area contributed by atoms with Crippen LogP contribution in [0.25, 0.3) is 16.9 Å². The lowest BCUT2D eigenvalue weighted by atomic mass is 9.82. The van der Waals surface area contributed by atoms with E-state index in [-0.39, 0.29) is 24.3 Å². The number of fused-ring (bicyclic) bond motifs is 1. The number of hydrogen-bond acceptors (Lipinski definition) is 4. The van der Waals surface area contributed by atoms with Crippen molar-refractivity contribution in [2.75, 3.05) is 0 Å². The van der Waals surface area contributed by atoms with Crippen LogP contribution in [0.2, 0.25) is 0 Å². The molecule has 1 fully saturated rings. The minimum absolute atomic E-state index is 0.0758. The van der Waals surface area contributed by atoms with E-state index < -0.39 is 17.2 Å². The average molecular weight is 347 g/mol. The van der Waals surface area contributed by atoms with Crippen LogP contribution in [-0.4, -0.2) is 30.5 Å². The average Bonchev–Trinajstić information content (AvgIpc) is 3.02. The molecule has 0 aliphatic heterocycles. The van der Waals surface area contributed by atoms with E-state index in [1.807, 2.05) is 0 Å². The van der Waals surface area contributed by atoms with Crippen LogP contribution in [0.3, 0.4) is 0 Å². The number of imidazole rings is 1. The van der Waals surface area contributed by atoms with Crippen LogP contribution >= 0.6 is 0 Å². The van der Waals surface area contributed by atoms with E-state index in [0.717, 1.165) is 5.56 Å². The number of halogens is 2. The Morgan fingerprint density at radius 3 is 2.72 bits per heavy atom. The van der Waals surface area contributed by atoms with Crippen LogP contribution in [0.1, 0.15) is 37.2 Å². The molecular formula is C16H15F2N5O2. The topological polar surface area (TPSA) is 95.9 Å². The Morgan fingerprint density at radius 2 is 2.00 bits per heavy atom. The van der Waals surface area contributed by atoms with Gasteiger partial charge in [-0.15, -0.1) is 0 Å². The largest absolute Gasteiger partial charge is 0.325 e. The highest BCUT2D eigenvalue weighted by atomic mass is 19.3. The number of rotatable bonds is 2. The maximum absolute atomic E-state index is 13.5. The number of aromatic nitrogens is 5. The summed E-state index contributed by atoms with van der Waals surface area (Å²) >= 11 is 0. The second kappa shape index (κ2) is 5.61. The highest BCUT2D eigenvalue weighted by Crippen LogP contribution is 2.42. The van der Waals surface area contributed by atoms with Gasteiger partial charge in [0.15, 0.2) is 5.65 Å². The molecule has 0 spiro atoms. The molecule has 9 heteroatoms. The molecule has 3 aromatic heterocycles. The van der Waals surface area contributed by atoms with Gasteiger partial charge in [-0.1, -0.05) is 0 Å². The third-order valence-electron chi connectivity index (χ3n) is 4.64. The second-order valence-electron chi connectivity index (χ2n) is 6.30. The number of hydrogen-bond donors (Lipinski definition) is 2. The summed E-state index contributed by atoms with van der Waals surface area (Å²) in [4.78, 5) is 32.1. The van der Waals surface area contributed by atoms with Gasteiger partial charge in [-0.3, -0.25) is 9.78 Å². The molecule has 0 atom stereocenters. The van der Waals surface area contributed by atoms with Gasteiger partial charge in [0.1, 0.15) is 0 Å². The van der Waals surface area contributed by atoms with Gasteiger partial charge in [-0.25, -0.2) is 23.1 Å². The molecule has 0 radical (unpaired) electrons. The molecule has 0 unspecified atom stereocenters. The van der Waals surface area contributed by atoms with E-state index in [4.69, 9.17) is 0 Å². The first-order chi connectivity index (χ1) is 11.9. The second-order valence-corrected chi connectivity index (χ2v) is 6.30. The molecule has 3 heterocycles. The fourth-order valence-corrected chi connectivity index (χ4v) is 3.32. The van der Waals surface area contributed by atoms with Crippen molar-refractivity contribution in [3.63, 3.8) is 0 Å². The predicted molar refractivity (Wildman–Crippen MR) is 85.8 cm³/mol. The number of nitrogens with zero attached hydrogens (tertiary/aromatic N) is 3. The number of H-pyrrole nitrogens is 2. The van der Waals surface area contributed by atoms with Crippen molar-refractivity contribution in [3.05, 3.63) is 51.1 Å². The van der Waals surface area contributed by atoms with Crippen molar-refractivity contribution in [1.29, 1.82) is 0 Å². The van der Waals surface area contributed by atoms with E-state index in [1.54, 1.807) is 18.5 Å². The van der Waals surface area contributed by atoms with Gasteiger partial charge >= 0.3 is 5.69 Å². The summed E-state index contributed by atoms with van der Waals surface area (Å²) in [6.07, 6.45) is 4.87. The third-order valence-corrected chi connectivity index (χ3v) is 4.64. The maximum atomic E-state index is 13.5. The quantitative estimate of drug-likeness (QED) is 0.742. The van der Waals surface area contributed by atoms with Crippen LogP contribution in [-0.2, 0) is 0 Å². The summed E-state index contributed by atoms with van der Waals surface area (Å²) in [6.45, 7) is 0. The van der Waals surface area contributed by atoms with Crippen molar-refractivity contribution in [2.24, 2.45) is 0 Å². The summed E-state index contributed by atoms with van der Waals surface area (Å²) in [5.74, 6) is -2.69. The summed E-state index contributed by atoms with van der Waals surface area (Å²) in [6, 6.07) is 1.71. The molecule has 4 rings (SSSR count). The fourth-order valence-electron chi connectivity index (χ4n) is 3.32. The van der Waals surface area contributed by atoms with Gasteiger partial charge < -0.3 is 4.98 Å². The first-order valence-electron chi connectivity index (χ1n) is 7.97. The van der Waals surface area contributed by atoms with E-state index in [1.165, 1.54) is 10.7 Å². The Labute approximate surface area is 139 Å². The van der Waals surface area contributed by atoms with E-state index >= 15 is 0 Å². The van der Waals surface area contributed by atoms with Gasteiger partial charge in [-0.05, 0) is 24.8 Å². The SMILES string of the molecule is O=c1[nH]cc(-c2cc(C3CCC(F)(F)CC3)c3nccn3n2)c(=O)[nH]1. The molecule has 1 aliphatic rings. The number of alkyl halides is 2. The lowest BCUT2D eigenvalue weighted by Gasteiger charge is -2.28. The van der Waals surface area contributed by atoms with E-state index in [0.29, 0.717) is 24.2 Å². The lowest BCUT2D eigenvalue weighted by molar-refractivity contribution is -0.0381. The van der Waals surface area contributed by atoms with Crippen LogP contribution < -0.4 is 11.2 Å². The van der Waals surface area contributed by atoms with Gasteiger partial charge in [0.2, 0.25) is 5.92 Å². The summed E-state index contributed by atoms with van der Waals surface area (Å²) in [5.41, 5.74) is 0.785. The molecule has 1 saturated carbocycles. The van der Waals surface area contributed by atoms with Crippen molar-refractivity contribution < 1.29 is 8.78 Å². The molecule has 25 heavy (non-hydrogen) atoms. The zero-order valence-corrected chi connectivity index (χ0v) is 13.1. The van der Waals surface area contributed by atoms with Crippen molar-refractivity contribution in [2.45, 2.75) is 37.5 Å².